The number of carbonyl (C=O) groups excluding carboxylic acids is 1. The van der Waals surface area contributed by atoms with E-state index in [1.807, 2.05) is 0 Å². The van der Waals surface area contributed by atoms with Crippen LogP contribution in [0.5, 0.6) is 5.75 Å². The maximum Gasteiger partial charge on any atom is 0.312 e. The minimum atomic E-state index is -0.283. The maximum atomic E-state index is 12.7. The zero-order valence-electron chi connectivity index (χ0n) is 15.4. The molecule has 0 N–H and O–H groups in total. The quantitative estimate of drug-likeness (QED) is 0.749. The Morgan fingerprint density at radius 2 is 2.04 bits per heavy atom. The fourth-order valence-corrected chi connectivity index (χ4v) is 5.63. The number of esters is 1. The van der Waals surface area contributed by atoms with Crippen molar-refractivity contribution in [1.82, 2.24) is 0 Å². The fourth-order valence-electron chi connectivity index (χ4n) is 5.63. The van der Waals surface area contributed by atoms with Crippen molar-refractivity contribution >= 4 is 5.97 Å². The van der Waals surface area contributed by atoms with Gasteiger partial charge in [0.15, 0.2) is 0 Å². The first kappa shape index (κ1) is 17.3. The van der Waals surface area contributed by atoms with E-state index in [1.165, 1.54) is 17.5 Å². The number of carbonyl (C=O) groups is 1. The number of benzene rings is 1. The van der Waals surface area contributed by atoms with Crippen molar-refractivity contribution in [2.45, 2.75) is 58.3 Å². The van der Waals surface area contributed by atoms with Crippen LogP contribution in [0.15, 0.2) is 18.2 Å². The average molecular weight is 330 g/mol. The van der Waals surface area contributed by atoms with Crippen molar-refractivity contribution in [2.75, 3.05) is 14.2 Å². The van der Waals surface area contributed by atoms with Crippen molar-refractivity contribution in [1.29, 1.82) is 0 Å². The molecule has 3 nitrogen and oxygen atoms in total. The van der Waals surface area contributed by atoms with Crippen molar-refractivity contribution in [3.8, 4) is 5.75 Å². The standard InChI is InChI=1S/C21H30O3/c1-5-19-18-9-7-14-13-15(23-3)8-10-16(14)17(18)11-12-21(19,6-2)20(22)24-4/h8,10,13,17-19H,5-7,9,11-12H2,1-4H3/t17-,18-,19+,21?/m1/s1. The van der Waals surface area contributed by atoms with Crippen molar-refractivity contribution in [3.63, 3.8) is 0 Å². The van der Waals surface area contributed by atoms with Crippen LogP contribution in [0.4, 0.5) is 0 Å². The van der Waals surface area contributed by atoms with Gasteiger partial charge in [-0.15, -0.1) is 0 Å². The average Bonchev–Trinajstić information content (AvgIpc) is 2.65. The topological polar surface area (TPSA) is 35.5 Å². The lowest BCUT2D eigenvalue weighted by atomic mass is 9.52. The van der Waals surface area contributed by atoms with Gasteiger partial charge in [-0.3, -0.25) is 4.79 Å². The summed E-state index contributed by atoms with van der Waals surface area (Å²) in [6.45, 7) is 4.39. The highest BCUT2D eigenvalue weighted by Gasteiger charge is 2.53. The highest BCUT2D eigenvalue weighted by Crippen LogP contribution is 2.57. The summed E-state index contributed by atoms with van der Waals surface area (Å²) in [6, 6.07) is 6.55. The van der Waals surface area contributed by atoms with Crippen molar-refractivity contribution in [2.24, 2.45) is 17.3 Å². The van der Waals surface area contributed by atoms with Gasteiger partial charge < -0.3 is 9.47 Å². The van der Waals surface area contributed by atoms with Gasteiger partial charge in [-0.1, -0.05) is 26.3 Å². The maximum absolute atomic E-state index is 12.7. The molecule has 0 radical (unpaired) electrons. The van der Waals surface area contributed by atoms with E-state index in [9.17, 15) is 4.79 Å². The fraction of sp³-hybridized carbons (Fsp3) is 0.667. The van der Waals surface area contributed by atoms with Gasteiger partial charge in [0.05, 0.1) is 19.6 Å². The summed E-state index contributed by atoms with van der Waals surface area (Å²) < 4.78 is 10.6. The molecule has 1 aromatic carbocycles. The molecule has 2 aliphatic carbocycles. The van der Waals surface area contributed by atoms with Gasteiger partial charge in [0.2, 0.25) is 0 Å². The highest BCUT2D eigenvalue weighted by atomic mass is 16.5. The smallest absolute Gasteiger partial charge is 0.312 e. The third kappa shape index (κ3) is 2.53. The van der Waals surface area contributed by atoms with Crippen LogP contribution in [0.3, 0.4) is 0 Å². The number of fused-ring (bicyclic) bond motifs is 3. The second-order valence-corrected chi connectivity index (χ2v) is 7.43. The van der Waals surface area contributed by atoms with Crippen LogP contribution in [0.2, 0.25) is 0 Å². The largest absolute Gasteiger partial charge is 0.497 e. The molecule has 132 valence electrons. The van der Waals surface area contributed by atoms with E-state index in [1.54, 1.807) is 14.2 Å². The lowest BCUT2D eigenvalue weighted by Gasteiger charge is -2.51. The molecule has 2 aliphatic rings. The molecular weight excluding hydrogens is 300 g/mol. The zero-order chi connectivity index (χ0) is 17.3. The van der Waals surface area contributed by atoms with Gasteiger partial charge in [-0.25, -0.2) is 0 Å². The first-order valence-electron chi connectivity index (χ1n) is 9.36. The van der Waals surface area contributed by atoms with Crippen molar-refractivity contribution in [3.05, 3.63) is 29.3 Å². The second-order valence-electron chi connectivity index (χ2n) is 7.43. The minimum Gasteiger partial charge on any atom is -0.497 e. The Morgan fingerprint density at radius 3 is 2.67 bits per heavy atom. The first-order valence-corrected chi connectivity index (χ1v) is 9.36. The second kappa shape index (κ2) is 6.78. The Balaban J connectivity index is 1.96. The number of methoxy groups -OCH3 is 2. The molecule has 0 heterocycles. The van der Waals surface area contributed by atoms with Crippen LogP contribution in [0.1, 0.15) is 63.0 Å². The summed E-state index contributed by atoms with van der Waals surface area (Å²) >= 11 is 0. The zero-order valence-corrected chi connectivity index (χ0v) is 15.4. The predicted molar refractivity (Wildman–Crippen MR) is 95.3 cm³/mol. The normalized spacial score (nSPS) is 31.8. The number of ether oxygens (including phenoxy) is 2. The molecule has 1 fully saturated rings. The monoisotopic (exact) mass is 330 g/mol. The number of aryl methyl sites for hydroxylation is 1. The molecule has 3 rings (SSSR count). The molecule has 0 bridgehead atoms. The third-order valence-electron chi connectivity index (χ3n) is 6.80. The SMILES string of the molecule is CC[C@H]1[C@@H]2CCc3cc(OC)ccc3[C@H]2CCC1(CC)C(=O)OC. The first-order chi connectivity index (χ1) is 11.6. The predicted octanol–water partition coefficient (Wildman–Crippen LogP) is 4.73. The minimum absolute atomic E-state index is 0.0100. The molecule has 0 aromatic heterocycles. The number of hydrogen-bond donors (Lipinski definition) is 0. The van der Waals surface area contributed by atoms with Crippen LogP contribution in [0, 0.1) is 17.3 Å². The van der Waals surface area contributed by atoms with E-state index in [4.69, 9.17) is 9.47 Å². The highest BCUT2D eigenvalue weighted by molar-refractivity contribution is 5.77. The van der Waals surface area contributed by atoms with Gasteiger partial charge in [0.1, 0.15) is 5.75 Å². The Morgan fingerprint density at radius 1 is 1.25 bits per heavy atom. The summed E-state index contributed by atoms with van der Waals surface area (Å²) in [6.07, 6.45) is 6.23. The molecule has 1 unspecified atom stereocenters. The molecule has 0 spiro atoms. The molecule has 1 aromatic rings. The molecule has 0 amide bonds. The van der Waals surface area contributed by atoms with Gasteiger partial charge in [0, 0.05) is 0 Å². The summed E-state index contributed by atoms with van der Waals surface area (Å²) in [5.41, 5.74) is 2.64. The van der Waals surface area contributed by atoms with Crippen LogP contribution >= 0.6 is 0 Å². The van der Waals surface area contributed by atoms with Crippen LogP contribution in [-0.4, -0.2) is 20.2 Å². The van der Waals surface area contributed by atoms with E-state index < -0.39 is 0 Å². The summed E-state index contributed by atoms with van der Waals surface area (Å²) in [4.78, 5) is 12.7. The van der Waals surface area contributed by atoms with E-state index in [-0.39, 0.29) is 11.4 Å². The van der Waals surface area contributed by atoms with Crippen LogP contribution in [0.25, 0.3) is 0 Å². The van der Waals surface area contributed by atoms with Crippen LogP contribution < -0.4 is 4.74 Å². The van der Waals surface area contributed by atoms with Gasteiger partial charge >= 0.3 is 5.97 Å². The van der Waals surface area contributed by atoms with E-state index >= 15 is 0 Å². The molecule has 3 heteroatoms. The van der Waals surface area contributed by atoms with Crippen LogP contribution in [-0.2, 0) is 16.0 Å². The van der Waals surface area contributed by atoms with E-state index in [2.05, 4.69) is 32.0 Å². The van der Waals surface area contributed by atoms with Gasteiger partial charge in [-0.05, 0) is 73.1 Å². The molecular formula is C21H30O3. The Labute approximate surface area is 145 Å². The third-order valence-corrected chi connectivity index (χ3v) is 6.80. The van der Waals surface area contributed by atoms with E-state index in [0.29, 0.717) is 17.8 Å². The number of rotatable bonds is 4. The Kier molecular flexibility index (Phi) is 4.89. The Bertz CT molecular complexity index is 609. The molecule has 24 heavy (non-hydrogen) atoms. The summed E-state index contributed by atoms with van der Waals surface area (Å²) in [7, 11) is 3.27. The van der Waals surface area contributed by atoms with Gasteiger partial charge in [-0.2, -0.15) is 0 Å². The molecule has 0 saturated heterocycles. The molecule has 4 atom stereocenters. The summed E-state index contributed by atoms with van der Waals surface area (Å²) in [5, 5.41) is 0. The lowest BCUT2D eigenvalue weighted by molar-refractivity contribution is -0.163. The van der Waals surface area contributed by atoms with Crippen molar-refractivity contribution < 1.29 is 14.3 Å². The number of hydrogen-bond acceptors (Lipinski definition) is 3. The molecule has 0 aliphatic heterocycles. The summed E-state index contributed by atoms with van der Waals surface area (Å²) in [5.74, 6) is 2.55. The van der Waals surface area contributed by atoms with E-state index in [0.717, 1.165) is 37.9 Å². The molecule has 1 saturated carbocycles. The Hall–Kier alpha value is -1.51. The lowest BCUT2D eigenvalue weighted by Crippen LogP contribution is -2.48. The van der Waals surface area contributed by atoms with Gasteiger partial charge in [0.25, 0.3) is 0 Å².